The Labute approximate surface area is 137 Å². The molecule has 1 amide bonds. The summed E-state index contributed by atoms with van der Waals surface area (Å²) in [6, 6.07) is 6.27. The number of H-pyrrole nitrogens is 2. The molecular weight excluding hydrogens is 313 g/mol. The Bertz CT molecular complexity index is 766. The molecule has 0 radical (unpaired) electrons. The van der Waals surface area contributed by atoms with Gasteiger partial charge in [-0.1, -0.05) is 12.1 Å². The first kappa shape index (κ1) is 16.3. The Kier molecular flexibility index (Phi) is 4.67. The molecule has 1 aliphatic rings. The Balaban J connectivity index is 1.57. The zero-order valence-corrected chi connectivity index (χ0v) is 12.9. The van der Waals surface area contributed by atoms with E-state index in [1.807, 2.05) is 4.90 Å². The van der Waals surface area contributed by atoms with Crippen LogP contribution in [0.5, 0.6) is 0 Å². The first-order valence-electron chi connectivity index (χ1n) is 7.69. The molecule has 0 atom stereocenters. The van der Waals surface area contributed by atoms with Crippen LogP contribution in [0.15, 0.2) is 29.1 Å². The number of nitrogens with one attached hydrogen (secondary N) is 3. The van der Waals surface area contributed by atoms with Crippen LogP contribution in [0.2, 0.25) is 0 Å². The fourth-order valence-corrected chi connectivity index (χ4v) is 2.76. The Morgan fingerprint density at radius 3 is 2.71 bits per heavy atom. The minimum absolute atomic E-state index is 0.0159. The Hall–Kier alpha value is -2.59. The van der Waals surface area contributed by atoms with Crippen molar-refractivity contribution in [1.82, 2.24) is 20.5 Å². The summed E-state index contributed by atoms with van der Waals surface area (Å²) in [5, 5.41) is 27.5. The molecule has 0 saturated carbocycles. The largest absolute Gasteiger partial charge is 0.488 e. The predicted molar refractivity (Wildman–Crippen MR) is 88.2 cm³/mol. The van der Waals surface area contributed by atoms with Crippen molar-refractivity contribution in [2.75, 3.05) is 18.0 Å². The van der Waals surface area contributed by atoms with Gasteiger partial charge in [-0.15, -0.1) is 5.10 Å². The molecule has 1 saturated heterocycles. The fraction of sp³-hybridized carbons (Fsp3) is 0.357. The van der Waals surface area contributed by atoms with Gasteiger partial charge in [-0.3, -0.25) is 9.78 Å². The lowest BCUT2D eigenvalue weighted by molar-refractivity contribution is 0.0931. The third-order valence-corrected chi connectivity index (χ3v) is 4.07. The summed E-state index contributed by atoms with van der Waals surface area (Å²) in [4.78, 5) is 27.9. The molecule has 1 aliphatic heterocycles. The van der Waals surface area contributed by atoms with Crippen LogP contribution in [0.4, 0.5) is 5.95 Å². The van der Waals surface area contributed by atoms with Crippen LogP contribution in [0.1, 0.15) is 23.2 Å². The van der Waals surface area contributed by atoms with Crippen LogP contribution in [0.3, 0.4) is 0 Å². The minimum Gasteiger partial charge on any atom is -0.423 e. The molecule has 1 aromatic carbocycles. The predicted octanol–water partition coefficient (Wildman–Crippen LogP) is -1.82. The lowest BCUT2D eigenvalue weighted by Crippen LogP contribution is -2.45. The van der Waals surface area contributed by atoms with Gasteiger partial charge in [0.2, 0.25) is 5.95 Å². The number of anilines is 1. The van der Waals surface area contributed by atoms with Crippen molar-refractivity contribution in [3.63, 3.8) is 0 Å². The average molecular weight is 331 g/mol. The molecule has 2 heterocycles. The van der Waals surface area contributed by atoms with Crippen molar-refractivity contribution in [2.24, 2.45) is 0 Å². The number of aromatic amines is 2. The highest BCUT2D eigenvalue weighted by molar-refractivity contribution is 6.58. The maximum Gasteiger partial charge on any atom is 0.488 e. The molecule has 5 N–H and O–H groups in total. The number of carbonyl (C=O) groups is 1. The third-order valence-electron chi connectivity index (χ3n) is 4.07. The molecule has 0 aliphatic carbocycles. The van der Waals surface area contributed by atoms with Gasteiger partial charge in [-0.2, -0.15) is 0 Å². The number of nitrogens with zero attached hydrogens (tertiary/aromatic N) is 2. The number of rotatable bonds is 4. The second-order valence-corrected chi connectivity index (χ2v) is 5.74. The molecule has 0 unspecified atom stereocenters. The van der Waals surface area contributed by atoms with Crippen LogP contribution in [-0.2, 0) is 0 Å². The molecule has 0 spiro atoms. The lowest BCUT2D eigenvalue weighted by atomic mass is 9.79. The van der Waals surface area contributed by atoms with Gasteiger partial charge in [0.05, 0.1) is 0 Å². The van der Waals surface area contributed by atoms with Crippen LogP contribution in [-0.4, -0.2) is 57.4 Å². The minimum atomic E-state index is -1.60. The van der Waals surface area contributed by atoms with Crippen molar-refractivity contribution >= 4 is 24.4 Å². The highest BCUT2D eigenvalue weighted by atomic mass is 16.4. The molecule has 2 aromatic rings. The second kappa shape index (κ2) is 6.89. The van der Waals surface area contributed by atoms with Crippen molar-refractivity contribution in [3.8, 4) is 0 Å². The monoisotopic (exact) mass is 331 g/mol. The maximum atomic E-state index is 12.3. The topological polar surface area (TPSA) is 134 Å². The first-order valence-corrected chi connectivity index (χ1v) is 7.69. The first-order chi connectivity index (χ1) is 11.5. The van der Waals surface area contributed by atoms with Gasteiger partial charge in [0.25, 0.3) is 5.91 Å². The molecule has 24 heavy (non-hydrogen) atoms. The van der Waals surface area contributed by atoms with E-state index in [1.54, 1.807) is 18.2 Å². The van der Waals surface area contributed by atoms with Crippen LogP contribution >= 0.6 is 0 Å². The van der Waals surface area contributed by atoms with Crippen LogP contribution in [0, 0.1) is 0 Å². The number of carbonyl (C=O) groups excluding carboxylic acids is 1. The van der Waals surface area contributed by atoms with Crippen LogP contribution < -0.4 is 21.4 Å². The van der Waals surface area contributed by atoms with Crippen molar-refractivity contribution in [3.05, 3.63) is 40.3 Å². The van der Waals surface area contributed by atoms with E-state index in [2.05, 4.69) is 20.5 Å². The van der Waals surface area contributed by atoms with E-state index in [9.17, 15) is 19.6 Å². The number of aromatic nitrogens is 3. The third kappa shape index (κ3) is 3.66. The number of benzene rings is 1. The molecule has 0 bridgehead atoms. The molecule has 1 aromatic heterocycles. The standard InChI is InChI=1S/C14H18BN5O4/c21-12(9-2-1-3-10(8-9)15(23)24)16-11-4-6-20(7-5-11)13-17-14(22)19-18-13/h1-3,8,11,23-24H,4-7H2,(H,16,21)(H2,17,18,19,22). The van der Waals surface area contributed by atoms with Gasteiger partial charge in [0, 0.05) is 24.7 Å². The maximum absolute atomic E-state index is 12.3. The molecule has 126 valence electrons. The quantitative estimate of drug-likeness (QED) is 0.419. The second-order valence-electron chi connectivity index (χ2n) is 5.74. The van der Waals surface area contributed by atoms with E-state index >= 15 is 0 Å². The van der Waals surface area contributed by atoms with E-state index in [0.717, 1.165) is 12.8 Å². The highest BCUT2D eigenvalue weighted by Crippen LogP contribution is 2.15. The summed E-state index contributed by atoms with van der Waals surface area (Å²) in [5.74, 6) is 0.263. The smallest absolute Gasteiger partial charge is 0.423 e. The van der Waals surface area contributed by atoms with E-state index in [-0.39, 0.29) is 23.1 Å². The van der Waals surface area contributed by atoms with Crippen molar-refractivity contribution in [2.45, 2.75) is 18.9 Å². The Morgan fingerprint density at radius 2 is 2.08 bits per heavy atom. The molecule has 3 rings (SSSR count). The lowest BCUT2D eigenvalue weighted by Gasteiger charge is -2.31. The number of hydrogen-bond acceptors (Lipinski definition) is 6. The van der Waals surface area contributed by atoms with Gasteiger partial charge in [-0.25, -0.2) is 9.89 Å². The number of piperidine rings is 1. The Morgan fingerprint density at radius 1 is 1.33 bits per heavy atom. The summed E-state index contributed by atoms with van der Waals surface area (Å²) >= 11 is 0. The average Bonchev–Trinajstić information content (AvgIpc) is 3.02. The van der Waals surface area contributed by atoms with Gasteiger partial charge in [-0.05, 0) is 30.4 Å². The SMILES string of the molecule is O=C(NC1CCN(c2n[nH]c(=O)[nH]2)CC1)c1cccc(B(O)O)c1. The van der Waals surface area contributed by atoms with Crippen molar-refractivity contribution in [1.29, 1.82) is 0 Å². The van der Waals surface area contributed by atoms with Gasteiger partial charge >= 0.3 is 12.8 Å². The summed E-state index contributed by atoms with van der Waals surface area (Å²) in [6.45, 7) is 1.34. The molecular formula is C14H18BN5O4. The number of amides is 1. The van der Waals surface area contributed by atoms with E-state index in [1.165, 1.54) is 6.07 Å². The summed E-state index contributed by atoms with van der Waals surface area (Å²) in [6.07, 6.45) is 1.45. The van der Waals surface area contributed by atoms with E-state index in [0.29, 0.717) is 24.6 Å². The highest BCUT2D eigenvalue weighted by Gasteiger charge is 2.23. The van der Waals surface area contributed by atoms with E-state index < -0.39 is 7.12 Å². The molecule has 9 nitrogen and oxygen atoms in total. The van der Waals surface area contributed by atoms with Gasteiger partial charge in [0.1, 0.15) is 0 Å². The molecule has 10 heteroatoms. The van der Waals surface area contributed by atoms with E-state index in [4.69, 9.17) is 0 Å². The zero-order valence-electron chi connectivity index (χ0n) is 12.9. The summed E-state index contributed by atoms with van der Waals surface area (Å²) in [7, 11) is -1.60. The zero-order chi connectivity index (χ0) is 17.1. The van der Waals surface area contributed by atoms with Crippen LogP contribution in [0.25, 0.3) is 0 Å². The van der Waals surface area contributed by atoms with Gasteiger partial charge < -0.3 is 20.3 Å². The summed E-state index contributed by atoms with van der Waals surface area (Å²) < 4.78 is 0. The fourth-order valence-electron chi connectivity index (χ4n) is 2.76. The number of hydrogen-bond donors (Lipinski definition) is 5. The molecule has 1 fully saturated rings. The van der Waals surface area contributed by atoms with Gasteiger partial charge in [0.15, 0.2) is 0 Å². The normalized spacial score (nSPS) is 15.3. The van der Waals surface area contributed by atoms with Crippen molar-refractivity contribution < 1.29 is 14.8 Å². The summed E-state index contributed by atoms with van der Waals surface area (Å²) in [5.41, 5.74) is 0.325.